The fourth-order valence-electron chi connectivity index (χ4n) is 3.25. The quantitative estimate of drug-likeness (QED) is 0.781. The van der Waals surface area contributed by atoms with Gasteiger partial charge in [-0.15, -0.1) is 15.3 Å². The molecule has 1 N–H and O–H groups in total. The first-order valence-corrected chi connectivity index (χ1v) is 8.57. The number of anilines is 1. The molecule has 24 heavy (non-hydrogen) atoms. The van der Waals surface area contributed by atoms with Crippen LogP contribution in [-0.4, -0.2) is 50.4 Å². The molecule has 2 aromatic heterocycles. The number of benzene rings is 1. The highest BCUT2D eigenvalue weighted by atomic mass is 15.4. The van der Waals surface area contributed by atoms with Crippen molar-refractivity contribution >= 4 is 11.5 Å². The SMILES string of the molecule is c1ccc(CCN2CCC(Nc3ccc4nncn4n3)CC2)cc1. The number of hydrogen-bond acceptors (Lipinski definition) is 5. The minimum Gasteiger partial charge on any atom is -0.366 e. The first kappa shape index (κ1) is 15.1. The Morgan fingerprint density at radius 1 is 1.04 bits per heavy atom. The average molecular weight is 322 g/mol. The molecule has 0 saturated carbocycles. The van der Waals surface area contributed by atoms with Gasteiger partial charge in [0.05, 0.1) is 0 Å². The minimum atomic E-state index is 0.486. The molecule has 0 unspecified atom stereocenters. The largest absolute Gasteiger partial charge is 0.366 e. The molecule has 0 atom stereocenters. The third kappa shape index (κ3) is 3.54. The second kappa shape index (κ2) is 6.97. The standard InChI is InChI=1S/C18H22N6/c1-2-4-15(5-3-1)8-11-23-12-9-16(10-13-23)20-17-6-7-18-21-19-14-24(18)22-17/h1-7,14,16H,8-13H2,(H,20,22). The van der Waals surface area contributed by atoms with Crippen LogP contribution in [0.5, 0.6) is 0 Å². The Morgan fingerprint density at radius 3 is 2.71 bits per heavy atom. The van der Waals surface area contributed by atoms with Gasteiger partial charge in [0.15, 0.2) is 5.65 Å². The van der Waals surface area contributed by atoms with Gasteiger partial charge in [-0.2, -0.15) is 4.52 Å². The molecule has 0 aliphatic carbocycles. The van der Waals surface area contributed by atoms with Crippen LogP contribution in [-0.2, 0) is 6.42 Å². The van der Waals surface area contributed by atoms with Crippen LogP contribution in [0.15, 0.2) is 48.8 Å². The molecule has 6 nitrogen and oxygen atoms in total. The summed E-state index contributed by atoms with van der Waals surface area (Å²) in [4.78, 5) is 2.56. The molecule has 124 valence electrons. The van der Waals surface area contributed by atoms with Crippen LogP contribution in [0.4, 0.5) is 5.82 Å². The zero-order chi connectivity index (χ0) is 16.2. The van der Waals surface area contributed by atoms with Crippen LogP contribution >= 0.6 is 0 Å². The first-order chi connectivity index (χ1) is 11.9. The Morgan fingerprint density at radius 2 is 1.88 bits per heavy atom. The molecule has 1 saturated heterocycles. The molecule has 0 spiro atoms. The van der Waals surface area contributed by atoms with E-state index in [1.54, 1.807) is 10.8 Å². The summed E-state index contributed by atoms with van der Waals surface area (Å²) >= 11 is 0. The van der Waals surface area contributed by atoms with Crippen molar-refractivity contribution < 1.29 is 0 Å². The summed E-state index contributed by atoms with van der Waals surface area (Å²) in [7, 11) is 0. The molecule has 1 fully saturated rings. The van der Waals surface area contributed by atoms with Crippen LogP contribution < -0.4 is 5.32 Å². The van der Waals surface area contributed by atoms with E-state index in [2.05, 4.69) is 55.8 Å². The highest BCUT2D eigenvalue weighted by molar-refractivity contribution is 5.43. The summed E-state index contributed by atoms with van der Waals surface area (Å²) in [6, 6.07) is 15.1. The summed E-state index contributed by atoms with van der Waals surface area (Å²) in [5.41, 5.74) is 2.19. The van der Waals surface area contributed by atoms with Gasteiger partial charge in [-0.3, -0.25) is 0 Å². The van der Waals surface area contributed by atoms with Crippen molar-refractivity contribution in [3.63, 3.8) is 0 Å². The third-order valence-corrected chi connectivity index (χ3v) is 4.66. The molecule has 4 rings (SSSR count). The van der Waals surface area contributed by atoms with E-state index in [0.717, 1.165) is 50.4 Å². The van der Waals surface area contributed by atoms with E-state index in [1.807, 2.05) is 12.1 Å². The van der Waals surface area contributed by atoms with Gasteiger partial charge >= 0.3 is 0 Å². The topological polar surface area (TPSA) is 58.3 Å². The van der Waals surface area contributed by atoms with Crippen LogP contribution in [0.25, 0.3) is 5.65 Å². The second-order valence-corrected chi connectivity index (χ2v) is 6.35. The zero-order valence-electron chi connectivity index (χ0n) is 13.7. The number of rotatable bonds is 5. The average Bonchev–Trinajstić information content (AvgIpc) is 3.10. The molecule has 1 aromatic carbocycles. The molecule has 0 amide bonds. The summed E-state index contributed by atoms with van der Waals surface area (Å²) in [6.07, 6.45) is 5.06. The number of fused-ring (bicyclic) bond motifs is 1. The van der Waals surface area contributed by atoms with E-state index in [-0.39, 0.29) is 0 Å². The van der Waals surface area contributed by atoms with Crippen molar-refractivity contribution in [1.82, 2.24) is 24.7 Å². The maximum absolute atomic E-state index is 4.49. The lowest BCUT2D eigenvalue weighted by molar-refractivity contribution is 0.221. The second-order valence-electron chi connectivity index (χ2n) is 6.35. The number of nitrogens with one attached hydrogen (secondary N) is 1. The lowest BCUT2D eigenvalue weighted by Crippen LogP contribution is -2.40. The molecule has 0 bridgehead atoms. The van der Waals surface area contributed by atoms with Gasteiger partial charge < -0.3 is 10.2 Å². The fraction of sp³-hybridized carbons (Fsp3) is 0.389. The van der Waals surface area contributed by atoms with Crippen molar-refractivity contribution in [2.75, 3.05) is 25.0 Å². The smallest absolute Gasteiger partial charge is 0.177 e. The number of hydrogen-bond donors (Lipinski definition) is 1. The van der Waals surface area contributed by atoms with Crippen molar-refractivity contribution in [3.05, 3.63) is 54.4 Å². The number of likely N-dealkylation sites (tertiary alicyclic amines) is 1. The molecule has 1 aliphatic rings. The summed E-state index contributed by atoms with van der Waals surface area (Å²) < 4.78 is 1.71. The number of piperidine rings is 1. The van der Waals surface area contributed by atoms with Crippen LogP contribution in [0.3, 0.4) is 0 Å². The lowest BCUT2D eigenvalue weighted by atomic mass is 10.0. The Kier molecular flexibility index (Phi) is 4.38. The van der Waals surface area contributed by atoms with Crippen molar-refractivity contribution in [2.45, 2.75) is 25.3 Å². The maximum Gasteiger partial charge on any atom is 0.177 e. The Balaban J connectivity index is 1.26. The van der Waals surface area contributed by atoms with Crippen molar-refractivity contribution in [1.29, 1.82) is 0 Å². The summed E-state index contributed by atoms with van der Waals surface area (Å²) in [5, 5.41) is 15.9. The highest BCUT2D eigenvalue weighted by Crippen LogP contribution is 2.16. The molecule has 6 heteroatoms. The fourth-order valence-corrected chi connectivity index (χ4v) is 3.25. The zero-order valence-corrected chi connectivity index (χ0v) is 13.7. The van der Waals surface area contributed by atoms with E-state index in [4.69, 9.17) is 0 Å². The van der Waals surface area contributed by atoms with Gasteiger partial charge in [-0.1, -0.05) is 30.3 Å². The first-order valence-electron chi connectivity index (χ1n) is 8.57. The van der Waals surface area contributed by atoms with Crippen LogP contribution in [0, 0.1) is 0 Å². The van der Waals surface area contributed by atoms with E-state index >= 15 is 0 Å². The minimum absolute atomic E-state index is 0.486. The van der Waals surface area contributed by atoms with Crippen LogP contribution in [0.2, 0.25) is 0 Å². The predicted octanol–water partition coefficient (Wildman–Crippen LogP) is 2.24. The van der Waals surface area contributed by atoms with E-state index in [9.17, 15) is 0 Å². The van der Waals surface area contributed by atoms with Gasteiger partial charge in [0.1, 0.15) is 12.1 Å². The van der Waals surface area contributed by atoms with Crippen LogP contribution in [0.1, 0.15) is 18.4 Å². The number of nitrogens with zero attached hydrogens (tertiary/aromatic N) is 5. The van der Waals surface area contributed by atoms with Crippen molar-refractivity contribution in [2.24, 2.45) is 0 Å². The molecule has 3 heterocycles. The van der Waals surface area contributed by atoms with Gasteiger partial charge in [-0.25, -0.2) is 0 Å². The van der Waals surface area contributed by atoms with E-state index in [0.29, 0.717) is 6.04 Å². The third-order valence-electron chi connectivity index (χ3n) is 4.66. The molecular formula is C18H22N6. The summed E-state index contributed by atoms with van der Waals surface area (Å²) in [6.45, 7) is 3.42. The van der Waals surface area contributed by atoms with E-state index in [1.165, 1.54) is 5.56 Å². The molecule has 0 radical (unpaired) electrons. The monoisotopic (exact) mass is 322 g/mol. The molecule has 3 aromatic rings. The Hall–Kier alpha value is -2.47. The van der Waals surface area contributed by atoms with E-state index < -0.39 is 0 Å². The normalized spacial score (nSPS) is 16.5. The molecule has 1 aliphatic heterocycles. The number of aromatic nitrogens is 4. The predicted molar refractivity (Wildman–Crippen MR) is 94.0 cm³/mol. The highest BCUT2D eigenvalue weighted by Gasteiger charge is 2.19. The van der Waals surface area contributed by atoms with Gasteiger partial charge in [-0.05, 0) is 37.0 Å². The van der Waals surface area contributed by atoms with Gasteiger partial charge in [0, 0.05) is 25.7 Å². The van der Waals surface area contributed by atoms with Gasteiger partial charge in [0.25, 0.3) is 0 Å². The maximum atomic E-state index is 4.49. The Labute approximate surface area is 141 Å². The lowest BCUT2D eigenvalue weighted by Gasteiger charge is -2.32. The van der Waals surface area contributed by atoms with Gasteiger partial charge in [0.2, 0.25) is 0 Å². The summed E-state index contributed by atoms with van der Waals surface area (Å²) in [5.74, 6) is 0.894. The van der Waals surface area contributed by atoms with Crippen molar-refractivity contribution in [3.8, 4) is 0 Å². The Bertz CT molecular complexity index is 776. The molecular weight excluding hydrogens is 300 g/mol.